The van der Waals surface area contributed by atoms with Crippen LogP contribution in [0.2, 0.25) is 0 Å². The molecule has 1 aliphatic heterocycles. The van der Waals surface area contributed by atoms with Crippen LogP contribution in [0.3, 0.4) is 0 Å². The van der Waals surface area contributed by atoms with Crippen LogP contribution in [-0.2, 0) is 14.4 Å². The van der Waals surface area contributed by atoms with E-state index in [-0.39, 0.29) is 30.2 Å². The van der Waals surface area contributed by atoms with E-state index < -0.39 is 5.92 Å². The summed E-state index contributed by atoms with van der Waals surface area (Å²) in [7, 11) is 0. The zero-order valence-electron chi connectivity index (χ0n) is 12.7. The van der Waals surface area contributed by atoms with E-state index in [1.807, 2.05) is 19.1 Å². The molecule has 1 N–H and O–H groups in total. The maximum atomic E-state index is 12.4. The zero-order valence-corrected chi connectivity index (χ0v) is 13.5. The summed E-state index contributed by atoms with van der Waals surface area (Å²) in [6, 6.07) is 7.32. The van der Waals surface area contributed by atoms with Crippen LogP contribution in [-0.4, -0.2) is 29.2 Å². The van der Waals surface area contributed by atoms with Gasteiger partial charge in [0.1, 0.15) is 6.54 Å². The summed E-state index contributed by atoms with van der Waals surface area (Å²) in [6.45, 7) is 1.70. The quantitative estimate of drug-likeness (QED) is 0.865. The summed E-state index contributed by atoms with van der Waals surface area (Å²) in [5.41, 5.74) is 1.73. The van der Waals surface area contributed by atoms with E-state index in [1.54, 1.807) is 18.2 Å². The van der Waals surface area contributed by atoms with E-state index in [0.717, 1.165) is 10.5 Å². The van der Waals surface area contributed by atoms with Crippen molar-refractivity contribution in [2.45, 2.75) is 19.8 Å². The molecule has 0 aromatic heterocycles. The molecular formula is C17H17ClN2O3. The number of nitrogens with one attached hydrogen (secondary N) is 1. The number of aryl methyl sites for hydroxylation is 1. The lowest BCUT2D eigenvalue weighted by atomic mass is 9.85. The number of fused-ring (bicyclic) bond motifs is 1. The number of halogens is 1. The van der Waals surface area contributed by atoms with E-state index in [0.29, 0.717) is 23.6 Å². The second-order valence-electron chi connectivity index (χ2n) is 5.98. The van der Waals surface area contributed by atoms with Crippen LogP contribution in [0.5, 0.6) is 0 Å². The molecule has 0 radical (unpaired) electrons. The average molecular weight is 333 g/mol. The van der Waals surface area contributed by atoms with Gasteiger partial charge in [-0.2, -0.15) is 0 Å². The Morgan fingerprint density at radius 1 is 1.22 bits per heavy atom. The molecule has 3 amide bonds. The average Bonchev–Trinajstić information content (AvgIpc) is 2.74. The molecule has 0 unspecified atom stereocenters. The summed E-state index contributed by atoms with van der Waals surface area (Å²) in [4.78, 5) is 37.9. The fourth-order valence-electron chi connectivity index (χ4n) is 3.03. The molecule has 5 nitrogen and oxygen atoms in total. The predicted molar refractivity (Wildman–Crippen MR) is 86.7 cm³/mol. The molecule has 6 heteroatoms. The maximum Gasteiger partial charge on any atom is 0.244 e. The highest BCUT2D eigenvalue weighted by Crippen LogP contribution is 2.38. The molecule has 0 bridgehead atoms. The van der Waals surface area contributed by atoms with Crippen molar-refractivity contribution in [1.82, 2.24) is 4.90 Å². The Hall–Kier alpha value is -2.14. The van der Waals surface area contributed by atoms with Gasteiger partial charge >= 0.3 is 0 Å². The summed E-state index contributed by atoms with van der Waals surface area (Å²) in [5, 5.41) is 3.31. The smallest absolute Gasteiger partial charge is 0.244 e. The van der Waals surface area contributed by atoms with Crippen LogP contribution >= 0.6 is 11.6 Å². The van der Waals surface area contributed by atoms with Crippen molar-refractivity contribution in [2.24, 2.45) is 11.8 Å². The first-order valence-corrected chi connectivity index (χ1v) is 7.90. The highest BCUT2D eigenvalue weighted by atomic mass is 35.5. The monoisotopic (exact) mass is 332 g/mol. The number of anilines is 1. The third-order valence-electron chi connectivity index (χ3n) is 4.30. The van der Waals surface area contributed by atoms with Crippen molar-refractivity contribution in [3.63, 3.8) is 0 Å². The second kappa shape index (κ2) is 6.16. The first-order valence-electron chi connectivity index (χ1n) is 7.52. The van der Waals surface area contributed by atoms with Gasteiger partial charge < -0.3 is 5.32 Å². The number of carbonyl (C=O) groups is 3. The number of allylic oxidation sites excluding steroid dienone is 2. The Balaban J connectivity index is 1.66. The number of nitrogens with zero attached hydrogens (tertiary/aromatic N) is 1. The number of benzene rings is 1. The van der Waals surface area contributed by atoms with Crippen molar-refractivity contribution >= 4 is 35.0 Å². The van der Waals surface area contributed by atoms with Crippen molar-refractivity contribution in [1.29, 1.82) is 0 Å². The lowest BCUT2D eigenvalue weighted by Gasteiger charge is -2.17. The molecule has 2 aliphatic rings. The predicted octanol–water partition coefficient (Wildman–Crippen LogP) is 2.45. The zero-order chi connectivity index (χ0) is 16.6. The Labute approximate surface area is 139 Å². The topological polar surface area (TPSA) is 66.5 Å². The summed E-state index contributed by atoms with van der Waals surface area (Å²) in [6.07, 6.45) is 2.63. The van der Waals surface area contributed by atoms with E-state index in [1.165, 1.54) is 0 Å². The SMILES string of the molecule is Cc1ccc(NC(=O)CN2C(=O)[C@H]3CC=C(Cl)C[C@@H]3C2=O)cc1. The van der Waals surface area contributed by atoms with Crippen molar-refractivity contribution in [2.75, 3.05) is 11.9 Å². The molecule has 1 fully saturated rings. The first-order chi connectivity index (χ1) is 11.0. The third-order valence-corrected chi connectivity index (χ3v) is 4.61. The number of hydrogen-bond acceptors (Lipinski definition) is 3. The Morgan fingerprint density at radius 2 is 1.87 bits per heavy atom. The number of imide groups is 1. The molecule has 120 valence electrons. The van der Waals surface area contributed by atoms with Crippen LogP contribution in [0.1, 0.15) is 18.4 Å². The first kappa shape index (κ1) is 15.7. The summed E-state index contributed by atoms with van der Waals surface area (Å²) < 4.78 is 0. The van der Waals surface area contributed by atoms with Gasteiger partial charge in [-0.15, -0.1) is 0 Å². The highest BCUT2D eigenvalue weighted by molar-refractivity contribution is 6.30. The molecule has 23 heavy (non-hydrogen) atoms. The Bertz CT molecular complexity index is 696. The lowest BCUT2D eigenvalue weighted by molar-refractivity contribution is -0.142. The lowest BCUT2D eigenvalue weighted by Crippen LogP contribution is -2.38. The standard InChI is InChI=1S/C17H17ClN2O3/c1-10-2-5-12(6-3-10)19-15(21)9-20-16(22)13-7-4-11(18)8-14(13)17(20)23/h2-6,13-14H,7-9H2,1H3,(H,19,21)/t13-,14-/m0/s1. The van der Waals surface area contributed by atoms with Crippen molar-refractivity contribution < 1.29 is 14.4 Å². The molecule has 2 atom stereocenters. The van der Waals surface area contributed by atoms with Crippen LogP contribution in [0, 0.1) is 18.8 Å². The van der Waals surface area contributed by atoms with Crippen molar-refractivity contribution in [3.05, 3.63) is 40.9 Å². The minimum absolute atomic E-state index is 0.254. The van der Waals surface area contributed by atoms with Gasteiger partial charge in [0.2, 0.25) is 17.7 Å². The molecule has 1 aromatic carbocycles. The number of carbonyl (C=O) groups excluding carboxylic acids is 3. The van der Waals surface area contributed by atoms with Gasteiger partial charge in [0, 0.05) is 10.7 Å². The fourth-order valence-corrected chi connectivity index (χ4v) is 3.29. The van der Waals surface area contributed by atoms with Crippen LogP contribution in [0.4, 0.5) is 5.69 Å². The minimum Gasteiger partial charge on any atom is -0.325 e. The molecule has 1 saturated heterocycles. The van der Waals surface area contributed by atoms with Gasteiger partial charge in [0.05, 0.1) is 11.8 Å². The van der Waals surface area contributed by atoms with Gasteiger partial charge in [0.15, 0.2) is 0 Å². The number of hydrogen-bond donors (Lipinski definition) is 1. The summed E-state index contributed by atoms with van der Waals surface area (Å²) >= 11 is 5.97. The minimum atomic E-state index is -0.424. The van der Waals surface area contributed by atoms with Gasteiger partial charge in [-0.3, -0.25) is 19.3 Å². The van der Waals surface area contributed by atoms with E-state index in [2.05, 4.69) is 5.32 Å². The molecule has 1 heterocycles. The Kier molecular flexibility index (Phi) is 4.22. The molecule has 1 aromatic rings. The molecular weight excluding hydrogens is 316 g/mol. The molecule has 0 spiro atoms. The van der Waals surface area contributed by atoms with E-state index in [4.69, 9.17) is 11.6 Å². The largest absolute Gasteiger partial charge is 0.325 e. The number of likely N-dealkylation sites (tertiary alicyclic amines) is 1. The third kappa shape index (κ3) is 3.15. The molecule has 1 aliphatic carbocycles. The van der Waals surface area contributed by atoms with Crippen LogP contribution in [0.15, 0.2) is 35.4 Å². The fraction of sp³-hybridized carbons (Fsp3) is 0.353. The van der Waals surface area contributed by atoms with Gasteiger partial charge in [0.25, 0.3) is 0 Å². The van der Waals surface area contributed by atoms with E-state index >= 15 is 0 Å². The highest BCUT2D eigenvalue weighted by Gasteiger charge is 2.48. The second-order valence-corrected chi connectivity index (χ2v) is 6.47. The van der Waals surface area contributed by atoms with Crippen LogP contribution < -0.4 is 5.32 Å². The maximum absolute atomic E-state index is 12.4. The summed E-state index contributed by atoms with van der Waals surface area (Å²) in [5.74, 6) is -1.76. The van der Waals surface area contributed by atoms with Gasteiger partial charge in [-0.1, -0.05) is 35.4 Å². The normalized spacial score (nSPS) is 23.6. The number of amides is 3. The molecule has 3 rings (SSSR count). The van der Waals surface area contributed by atoms with Crippen molar-refractivity contribution in [3.8, 4) is 0 Å². The van der Waals surface area contributed by atoms with Gasteiger partial charge in [-0.25, -0.2) is 0 Å². The van der Waals surface area contributed by atoms with Crippen LogP contribution in [0.25, 0.3) is 0 Å². The molecule has 0 saturated carbocycles. The Morgan fingerprint density at radius 3 is 2.57 bits per heavy atom. The number of rotatable bonds is 3. The van der Waals surface area contributed by atoms with Gasteiger partial charge in [-0.05, 0) is 31.9 Å². The van der Waals surface area contributed by atoms with E-state index in [9.17, 15) is 14.4 Å².